The summed E-state index contributed by atoms with van der Waals surface area (Å²) in [4.78, 5) is 25.7. The second-order valence-electron chi connectivity index (χ2n) is 7.94. The third-order valence-electron chi connectivity index (χ3n) is 4.51. The van der Waals surface area contributed by atoms with Gasteiger partial charge in [-0.3, -0.25) is 4.79 Å². The highest BCUT2D eigenvalue weighted by Gasteiger charge is 2.35. The van der Waals surface area contributed by atoms with Crippen molar-refractivity contribution in [1.82, 2.24) is 5.32 Å². The van der Waals surface area contributed by atoms with E-state index in [1.54, 1.807) is 0 Å². The molecule has 0 saturated heterocycles. The Kier molecular flexibility index (Phi) is 5.39. The van der Waals surface area contributed by atoms with E-state index >= 15 is 0 Å². The van der Waals surface area contributed by atoms with E-state index in [0.29, 0.717) is 17.9 Å². The first-order chi connectivity index (χ1) is 13.1. The number of nitrogens with one attached hydrogen (secondary N) is 2. The molecule has 2 amide bonds. The molecule has 0 bridgehead atoms. The molecule has 7 heteroatoms. The number of benzene rings is 1. The van der Waals surface area contributed by atoms with Gasteiger partial charge in [0.05, 0.1) is 5.69 Å². The summed E-state index contributed by atoms with van der Waals surface area (Å²) >= 11 is 1.54. The Labute approximate surface area is 169 Å². The summed E-state index contributed by atoms with van der Waals surface area (Å²) in [5.41, 5.74) is -0.00937. The van der Waals surface area contributed by atoms with Gasteiger partial charge < -0.3 is 20.1 Å². The number of carbonyl (C=O) groups excluding carboxylic acids is 2. The Bertz CT molecular complexity index is 873. The maximum atomic E-state index is 12.5. The van der Waals surface area contributed by atoms with Crippen LogP contribution in [0.2, 0.25) is 0 Å². The summed E-state index contributed by atoms with van der Waals surface area (Å²) in [5.74, 6) is 0.464. The summed E-state index contributed by atoms with van der Waals surface area (Å²) in [6.45, 7) is 9.30. The number of ether oxygens (including phenoxy) is 2. The molecule has 0 aliphatic carbocycles. The summed E-state index contributed by atoms with van der Waals surface area (Å²) in [5, 5.41) is 7.87. The smallest absolute Gasteiger partial charge is 0.408 e. The Balaban J connectivity index is 1.97. The third-order valence-corrected chi connectivity index (χ3v) is 5.60. The molecule has 28 heavy (non-hydrogen) atoms. The summed E-state index contributed by atoms with van der Waals surface area (Å²) in [7, 11) is 0. The zero-order valence-electron chi connectivity index (χ0n) is 16.8. The van der Waals surface area contributed by atoms with Crippen molar-refractivity contribution >= 4 is 29.0 Å². The second kappa shape index (κ2) is 7.47. The fraction of sp³-hybridized carbons (Fsp3) is 0.429. The van der Waals surface area contributed by atoms with Crippen LogP contribution in [0, 0.1) is 0 Å². The van der Waals surface area contributed by atoms with Gasteiger partial charge in [-0.2, -0.15) is 0 Å². The van der Waals surface area contributed by atoms with E-state index in [4.69, 9.17) is 9.47 Å². The highest BCUT2D eigenvalue weighted by molar-refractivity contribution is 7.10. The number of amides is 2. The van der Waals surface area contributed by atoms with Crippen LogP contribution in [0.5, 0.6) is 5.75 Å². The van der Waals surface area contributed by atoms with Gasteiger partial charge in [-0.05, 0) is 63.3 Å². The van der Waals surface area contributed by atoms with E-state index in [0.717, 1.165) is 10.4 Å². The van der Waals surface area contributed by atoms with Crippen LogP contribution in [0.3, 0.4) is 0 Å². The number of alkyl carbamates (subject to hydrolysis) is 1. The average Bonchev–Trinajstić information content (AvgIpc) is 3.14. The lowest BCUT2D eigenvalue weighted by molar-refractivity contribution is -0.123. The molecule has 1 aliphatic rings. The van der Waals surface area contributed by atoms with Gasteiger partial charge in [0.2, 0.25) is 0 Å². The Morgan fingerprint density at radius 1 is 1.29 bits per heavy atom. The normalized spacial score (nSPS) is 18.3. The molecule has 0 spiro atoms. The highest BCUT2D eigenvalue weighted by atomic mass is 32.1. The minimum absolute atomic E-state index is 0.162. The molecule has 2 aromatic rings. The van der Waals surface area contributed by atoms with Crippen LogP contribution in [-0.2, 0) is 15.1 Å². The first-order valence-electron chi connectivity index (χ1n) is 9.29. The first-order valence-corrected chi connectivity index (χ1v) is 10.2. The number of thiophene rings is 1. The van der Waals surface area contributed by atoms with Crippen molar-refractivity contribution in [3.05, 3.63) is 46.2 Å². The van der Waals surface area contributed by atoms with Crippen molar-refractivity contribution in [1.29, 1.82) is 0 Å². The van der Waals surface area contributed by atoms with Crippen LogP contribution in [0.4, 0.5) is 10.5 Å². The minimum Gasteiger partial charge on any atom is -0.478 e. The molecule has 1 aliphatic heterocycles. The van der Waals surface area contributed by atoms with Crippen molar-refractivity contribution in [2.45, 2.75) is 58.3 Å². The zero-order chi connectivity index (χ0) is 20.5. The Morgan fingerprint density at radius 2 is 2.04 bits per heavy atom. The Hall–Kier alpha value is -2.54. The lowest BCUT2D eigenvalue weighted by atomic mass is 9.89. The number of anilines is 1. The van der Waals surface area contributed by atoms with Gasteiger partial charge in [-0.1, -0.05) is 19.1 Å². The monoisotopic (exact) mass is 402 g/mol. The van der Waals surface area contributed by atoms with Gasteiger partial charge in [-0.25, -0.2) is 4.79 Å². The lowest BCUT2D eigenvalue weighted by Gasteiger charge is -2.33. The predicted molar refractivity (Wildman–Crippen MR) is 110 cm³/mol. The van der Waals surface area contributed by atoms with Gasteiger partial charge in [0.1, 0.15) is 16.9 Å². The van der Waals surface area contributed by atoms with Crippen molar-refractivity contribution in [2.24, 2.45) is 0 Å². The number of rotatable bonds is 4. The van der Waals surface area contributed by atoms with Gasteiger partial charge in [0.25, 0.3) is 5.91 Å². The number of carbonyl (C=O) groups is 2. The quantitative estimate of drug-likeness (QED) is 0.781. The molecule has 6 nitrogen and oxygen atoms in total. The molecular formula is C21H26N2O4S. The van der Waals surface area contributed by atoms with E-state index in [9.17, 15) is 9.59 Å². The molecule has 1 aromatic carbocycles. The third kappa shape index (κ3) is 4.14. The summed E-state index contributed by atoms with van der Waals surface area (Å²) in [6.07, 6.45) is -0.394. The maximum Gasteiger partial charge on any atom is 0.408 e. The number of hydrogen-bond acceptors (Lipinski definition) is 5. The van der Waals surface area contributed by atoms with Gasteiger partial charge in [0, 0.05) is 4.88 Å². The molecule has 2 heterocycles. The highest BCUT2D eigenvalue weighted by Crippen LogP contribution is 2.38. The van der Waals surface area contributed by atoms with Crippen LogP contribution in [0.25, 0.3) is 0 Å². The molecule has 0 fully saturated rings. The zero-order valence-corrected chi connectivity index (χ0v) is 17.6. The molecule has 1 aromatic heterocycles. The maximum absolute atomic E-state index is 12.5. The summed E-state index contributed by atoms with van der Waals surface area (Å²) < 4.78 is 11.2. The van der Waals surface area contributed by atoms with E-state index in [2.05, 4.69) is 10.6 Å². The Morgan fingerprint density at radius 3 is 2.64 bits per heavy atom. The van der Waals surface area contributed by atoms with E-state index in [-0.39, 0.29) is 5.91 Å². The minimum atomic E-state index is -0.822. The fourth-order valence-corrected chi connectivity index (χ4v) is 3.94. The largest absolute Gasteiger partial charge is 0.478 e. The number of hydrogen-bond donors (Lipinski definition) is 2. The van der Waals surface area contributed by atoms with Crippen molar-refractivity contribution in [2.75, 3.05) is 5.32 Å². The van der Waals surface area contributed by atoms with Crippen LogP contribution >= 0.6 is 11.3 Å². The van der Waals surface area contributed by atoms with Crippen LogP contribution < -0.4 is 15.4 Å². The lowest BCUT2D eigenvalue weighted by Crippen LogP contribution is -2.46. The average molecular weight is 403 g/mol. The molecule has 150 valence electrons. The summed E-state index contributed by atoms with van der Waals surface area (Å²) in [6, 6.07) is 9.47. The van der Waals surface area contributed by atoms with E-state index in [1.807, 2.05) is 70.3 Å². The first kappa shape index (κ1) is 20.2. The molecule has 3 rings (SSSR count). The van der Waals surface area contributed by atoms with E-state index in [1.165, 1.54) is 11.3 Å². The van der Waals surface area contributed by atoms with E-state index < -0.39 is 23.3 Å². The van der Waals surface area contributed by atoms with Gasteiger partial charge in [-0.15, -0.1) is 11.3 Å². The molecule has 0 saturated carbocycles. The topological polar surface area (TPSA) is 76.7 Å². The molecule has 2 atom stereocenters. The molecule has 0 radical (unpaired) electrons. The second-order valence-corrected chi connectivity index (χ2v) is 8.89. The SMILES string of the molecule is CCC1Oc2ccc(C(C)(NC(=O)OC(C)(C)C)c3cccs3)cc2NC1=O. The molecular weight excluding hydrogens is 376 g/mol. The van der Waals surface area contributed by atoms with Crippen molar-refractivity contribution in [3.8, 4) is 5.75 Å². The standard InChI is InChI=1S/C21H26N2O4S/c1-6-15-18(24)22-14-12-13(9-10-16(14)26-15)21(5,17-8-7-11-28-17)23-19(25)27-20(2,3)4/h7-12,15H,6H2,1-5H3,(H,22,24)(H,23,25). The van der Waals surface area contributed by atoms with Crippen LogP contribution in [0.1, 0.15) is 51.5 Å². The van der Waals surface area contributed by atoms with Crippen LogP contribution in [0.15, 0.2) is 35.7 Å². The van der Waals surface area contributed by atoms with Crippen molar-refractivity contribution < 1.29 is 19.1 Å². The van der Waals surface area contributed by atoms with Gasteiger partial charge in [0.15, 0.2) is 6.10 Å². The van der Waals surface area contributed by atoms with Crippen LogP contribution in [-0.4, -0.2) is 23.7 Å². The molecule has 2 N–H and O–H groups in total. The number of fused-ring (bicyclic) bond motifs is 1. The van der Waals surface area contributed by atoms with Crippen molar-refractivity contribution in [3.63, 3.8) is 0 Å². The molecule has 2 unspecified atom stereocenters. The van der Waals surface area contributed by atoms with Gasteiger partial charge >= 0.3 is 6.09 Å². The predicted octanol–water partition coefficient (Wildman–Crippen LogP) is 4.65. The fourth-order valence-electron chi connectivity index (χ4n) is 3.08.